The average Bonchev–Trinajstić information content (AvgIpc) is 2.73. The zero-order valence-corrected chi connectivity index (χ0v) is 19.3. The van der Waals surface area contributed by atoms with Gasteiger partial charge in [0.25, 0.3) is 5.91 Å². The Bertz CT molecular complexity index is 862. The van der Waals surface area contributed by atoms with Gasteiger partial charge in [0.2, 0.25) is 5.91 Å². The van der Waals surface area contributed by atoms with Crippen LogP contribution in [0.5, 0.6) is 5.75 Å². The van der Waals surface area contributed by atoms with Crippen LogP contribution >= 0.6 is 23.2 Å². The van der Waals surface area contributed by atoms with E-state index < -0.39 is 6.04 Å². The van der Waals surface area contributed by atoms with Crippen molar-refractivity contribution in [3.63, 3.8) is 0 Å². The fraction of sp³-hybridized carbons (Fsp3) is 0.391. The summed E-state index contributed by atoms with van der Waals surface area (Å²) < 4.78 is 5.73. The van der Waals surface area contributed by atoms with E-state index >= 15 is 0 Å². The fourth-order valence-corrected chi connectivity index (χ4v) is 3.22. The molecule has 0 aliphatic heterocycles. The molecule has 2 aromatic carbocycles. The molecule has 162 valence electrons. The third-order valence-corrected chi connectivity index (χ3v) is 5.60. The van der Waals surface area contributed by atoms with Gasteiger partial charge in [-0.25, -0.2) is 0 Å². The maximum absolute atomic E-state index is 13.0. The highest BCUT2D eigenvalue weighted by atomic mass is 35.5. The molecule has 2 aromatic rings. The highest BCUT2D eigenvalue weighted by molar-refractivity contribution is 6.32. The Kier molecular flexibility index (Phi) is 9.00. The van der Waals surface area contributed by atoms with E-state index in [1.54, 1.807) is 31.2 Å². The molecule has 2 amide bonds. The van der Waals surface area contributed by atoms with Gasteiger partial charge in [-0.1, -0.05) is 42.3 Å². The van der Waals surface area contributed by atoms with Crippen molar-refractivity contribution in [1.29, 1.82) is 0 Å². The van der Waals surface area contributed by atoms with E-state index in [0.717, 1.165) is 23.1 Å². The zero-order chi connectivity index (χ0) is 22.3. The van der Waals surface area contributed by atoms with Gasteiger partial charge in [-0.15, -0.1) is 0 Å². The predicted molar refractivity (Wildman–Crippen MR) is 121 cm³/mol. The first-order valence-corrected chi connectivity index (χ1v) is 10.7. The summed E-state index contributed by atoms with van der Waals surface area (Å²) in [5.41, 5.74) is 2.63. The van der Waals surface area contributed by atoms with Crippen molar-refractivity contribution in [3.8, 4) is 5.75 Å². The number of hydrogen-bond donors (Lipinski definition) is 1. The monoisotopic (exact) mass is 450 g/mol. The molecular formula is C23H28Cl2N2O3. The summed E-state index contributed by atoms with van der Waals surface area (Å²) >= 11 is 12.2. The van der Waals surface area contributed by atoms with Crippen LogP contribution in [0.3, 0.4) is 0 Å². The molecule has 0 unspecified atom stereocenters. The number of nitrogens with one attached hydrogen (secondary N) is 1. The quantitative estimate of drug-likeness (QED) is 0.588. The number of nitrogens with zero attached hydrogens (tertiary/aromatic N) is 1. The second kappa shape index (κ2) is 11.2. The molecule has 30 heavy (non-hydrogen) atoms. The molecule has 0 saturated carbocycles. The van der Waals surface area contributed by atoms with Crippen molar-refractivity contribution in [2.45, 2.75) is 46.7 Å². The lowest BCUT2D eigenvalue weighted by atomic mass is 10.1. The number of halogens is 2. The van der Waals surface area contributed by atoms with Crippen LogP contribution in [0, 0.1) is 13.8 Å². The van der Waals surface area contributed by atoms with Crippen molar-refractivity contribution in [2.75, 3.05) is 13.2 Å². The van der Waals surface area contributed by atoms with Crippen LogP contribution in [-0.2, 0) is 16.1 Å². The van der Waals surface area contributed by atoms with Gasteiger partial charge in [0.05, 0.1) is 0 Å². The lowest BCUT2D eigenvalue weighted by Crippen LogP contribution is -2.49. The first kappa shape index (κ1) is 24.0. The normalized spacial score (nSPS) is 11.7. The minimum atomic E-state index is -0.642. The number of ether oxygens (including phenoxy) is 1. The fourth-order valence-electron chi connectivity index (χ4n) is 2.98. The molecule has 0 radical (unpaired) electrons. The van der Waals surface area contributed by atoms with Crippen molar-refractivity contribution < 1.29 is 14.3 Å². The Balaban J connectivity index is 2.16. The summed E-state index contributed by atoms with van der Waals surface area (Å²) in [5, 5.41) is 4.14. The highest BCUT2D eigenvalue weighted by Crippen LogP contribution is 2.26. The summed E-state index contributed by atoms with van der Waals surface area (Å²) in [6, 6.07) is 10.1. The maximum atomic E-state index is 13.0. The van der Waals surface area contributed by atoms with Gasteiger partial charge in [-0.2, -0.15) is 0 Å². The van der Waals surface area contributed by atoms with E-state index in [1.165, 1.54) is 4.90 Å². The number of rotatable bonds is 9. The molecule has 0 fully saturated rings. The smallest absolute Gasteiger partial charge is 0.261 e. The minimum absolute atomic E-state index is 0.181. The third-order valence-electron chi connectivity index (χ3n) is 4.75. The van der Waals surface area contributed by atoms with Crippen molar-refractivity contribution in [1.82, 2.24) is 10.2 Å². The van der Waals surface area contributed by atoms with E-state index in [4.69, 9.17) is 27.9 Å². The lowest BCUT2D eigenvalue weighted by molar-refractivity contribution is -0.142. The van der Waals surface area contributed by atoms with Gasteiger partial charge >= 0.3 is 0 Å². The zero-order valence-electron chi connectivity index (χ0n) is 17.8. The van der Waals surface area contributed by atoms with Gasteiger partial charge in [0.15, 0.2) is 6.61 Å². The number of carbonyl (C=O) groups excluding carboxylic acids is 2. The topological polar surface area (TPSA) is 58.6 Å². The predicted octanol–water partition coefficient (Wildman–Crippen LogP) is 4.93. The van der Waals surface area contributed by atoms with Crippen molar-refractivity contribution in [3.05, 3.63) is 63.1 Å². The number of benzene rings is 2. The summed E-state index contributed by atoms with van der Waals surface area (Å²) in [7, 11) is 0. The van der Waals surface area contributed by atoms with Gasteiger partial charge in [0, 0.05) is 23.1 Å². The summed E-state index contributed by atoms with van der Waals surface area (Å²) in [5.74, 6) is 0.0870. The molecule has 0 aromatic heterocycles. The van der Waals surface area contributed by atoms with Crippen LogP contribution < -0.4 is 10.1 Å². The maximum Gasteiger partial charge on any atom is 0.261 e. The van der Waals surface area contributed by atoms with Crippen LogP contribution in [-0.4, -0.2) is 35.9 Å². The first-order valence-electron chi connectivity index (χ1n) is 9.94. The van der Waals surface area contributed by atoms with Crippen LogP contribution in [0.4, 0.5) is 0 Å². The molecule has 0 spiro atoms. The Morgan fingerprint density at radius 3 is 2.27 bits per heavy atom. The number of amides is 2. The lowest BCUT2D eigenvalue weighted by Gasteiger charge is -2.28. The second-order valence-electron chi connectivity index (χ2n) is 7.27. The molecule has 0 bridgehead atoms. The van der Waals surface area contributed by atoms with E-state index in [-0.39, 0.29) is 25.0 Å². The molecule has 0 saturated heterocycles. The highest BCUT2D eigenvalue weighted by Gasteiger charge is 2.26. The standard InChI is InChI=1S/C23H28Cl2N2O3/c1-5-10-26-23(29)17(4)27(13-18-6-8-19(24)9-7-18)21(28)14-30-20-11-15(2)22(25)16(3)12-20/h6-9,11-12,17H,5,10,13-14H2,1-4H3,(H,26,29)/t17-/m0/s1. The molecule has 1 N–H and O–H groups in total. The van der Waals surface area contributed by atoms with Crippen molar-refractivity contribution >= 4 is 35.0 Å². The molecule has 0 aliphatic rings. The number of hydrogen-bond acceptors (Lipinski definition) is 3. The van der Waals surface area contributed by atoms with Gasteiger partial charge in [-0.3, -0.25) is 9.59 Å². The molecular weight excluding hydrogens is 423 g/mol. The molecule has 7 heteroatoms. The Labute approximate surface area is 188 Å². The van der Waals surface area contributed by atoms with Crippen LogP contribution in [0.15, 0.2) is 36.4 Å². The minimum Gasteiger partial charge on any atom is -0.484 e. The summed E-state index contributed by atoms with van der Waals surface area (Å²) in [6.45, 7) is 8.12. The summed E-state index contributed by atoms with van der Waals surface area (Å²) in [4.78, 5) is 27.0. The molecule has 2 rings (SSSR count). The number of carbonyl (C=O) groups is 2. The third kappa shape index (κ3) is 6.64. The number of aryl methyl sites for hydroxylation is 2. The van der Waals surface area contributed by atoms with E-state index in [2.05, 4.69) is 5.32 Å². The van der Waals surface area contributed by atoms with Crippen LogP contribution in [0.2, 0.25) is 10.0 Å². The Morgan fingerprint density at radius 2 is 1.70 bits per heavy atom. The molecule has 1 atom stereocenters. The Morgan fingerprint density at radius 1 is 1.10 bits per heavy atom. The van der Waals surface area contributed by atoms with Gasteiger partial charge in [0.1, 0.15) is 11.8 Å². The van der Waals surface area contributed by atoms with Crippen LogP contribution in [0.1, 0.15) is 37.0 Å². The molecule has 0 heterocycles. The molecule has 0 aliphatic carbocycles. The molecule has 5 nitrogen and oxygen atoms in total. The second-order valence-corrected chi connectivity index (χ2v) is 8.09. The van der Waals surface area contributed by atoms with Crippen molar-refractivity contribution in [2.24, 2.45) is 0 Å². The largest absolute Gasteiger partial charge is 0.484 e. The SMILES string of the molecule is CCCNC(=O)[C@H](C)N(Cc1ccc(Cl)cc1)C(=O)COc1cc(C)c(Cl)c(C)c1. The van der Waals surface area contributed by atoms with E-state index in [0.29, 0.717) is 22.3 Å². The van der Waals surface area contributed by atoms with Gasteiger partial charge in [-0.05, 0) is 68.1 Å². The van der Waals surface area contributed by atoms with Gasteiger partial charge < -0.3 is 15.0 Å². The van der Waals surface area contributed by atoms with Crippen LogP contribution in [0.25, 0.3) is 0 Å². The van der Waals surface area contributed by atoms with E-state index in [9.17, 15) is 9.59 Å². The first-order chi connectivity index (χ1) is 14.2. The summed E-state index contributed by atoms with van der Waals surface area (Å²) in [6.07, 6.45) is 0.821. The average molecular weight is 451 g/mol. The van der Waals surface area contributed by atoms with E-state index in [1.807, 2.05) is 32.9 Å². The Hall–Kier alpha value is -2.24.